The summed E-state index contributed by atoms with van der Waals surface area (Å²) >= 11 is 1.51. The van der Waals surface area contributed by atoms with Crippen molar-refractivity contribution in [3.8, 4) is 22.6 Å². The van der Waals surface area contributed by atoms with Crippen molar-refractivity contribution in [3.05, 3.63) is 95.5 Å². The van der Waals surface area contributed by atoms with Crippen LogP contribution < -0.4 is 20.1 Å². The average Bonchev–Trinajstić information content (AvgIpc) is 3.45. The molecule has 0 spiro atoms. The van der Waals surface area contributed by atoms with Crippen LogP contribution in [0.15, 0.2) is 84.2 Å². The van der Waals surface area contributed by atoms with Gasteiger partial charge in [-0.15, -0.1) is 0 Å². The first-order valence-electron chi connectivity index (χ1n) is 12.8. The first-order chi connectivity index (χ1) is 18.7. The maximum atomic E-state index is 12.5. The van der Waals surface area contributed by atoms with E-state index >= 15 is 0 Å². The van der Waals surface area contributed by atoms with E-state index in [2.05, 4.69) is 45.2 Å². The van der Waals surface area contributed by atoms with Gasteiger partial charge in [0.15, 0.2) is 0 Å². The van der Waals surface area contributed by atoms with E-state index in [-0.39, 0.29) is 18.4 Å². The van der Waals surface area contributed by atoms with Gasteiger partial charge in [0, 0.05) is 42.8 Å². The summed E-state index contributed by atoms with van der Waals surface area (Å²) in [4.78, 5) is 14.9. The van der Waals surface area contributed by atoms with E-state index in [0.29, 0.717) is 6.61 Å². The Morgan fingerprint density at radius 2 is 1.92 bits per heavy atom. The molecule has 2 N–H and O–H groups in total. The molecule has 1 saturated heterocycles. The van der Waals surface area contributed by atoms with Crippen molar-refractivity contribution >= 4 is 23.1 Å². The summed E-state index contributed by atoms with van der Waals surface area (Å²) in [6.07, 6.45) is 0.284. The van der Waals surface area contributed by atoms with E-state index in [0.717, 1.165) is 54.6 Å². The van der Waals surface area contributed by atoms with E-state index in [1.807, 2.05) is 54.6 Å². The van der Waals surface area contributed by atoms with Crippen molar-refractivity contribution in [2.45, 2.75) is 12.5 Å². The second kappa shape index (κ2) is 12.7. The third kappa shape index (κ3) is 6.58. The Morgan fingerprint density at radius 3 is 2.74 bits per heavy atom. The zero-order chi connectivity index (χ0) is 26.2. The summed E-state index contributed by atoms with van der Waals surface area (Å²) in [5.74, 6) is 1.45. The standard InChI is InChI=1S/C30H32N4O3S/c1-36-26-9-5-6-22(18-26)19-29(35)32-24-10-12-25(13-11-24)37-17-16-34-15-14-31-20-28(34)30-27(21-38-33-30)23-7-3-2-4-8-23/h2-13,18,21,28,31H,14-17,19-20H2,1H3,(H,32,35). The minimum absolute atomic E-state index is 0.0754. The number of benzene rings is 3. The number of methoxy groups -OCH3 is 1. The predicted molar refractivity (Wildman–Crippen MR) is 152 cm³/mol. The van der Waals surface area contributed by atoms with Crippen molar-refractivity contribution in [2.24, 2.45) is 0 Å². The van der Waals surface area contributed by atoms with Crippen molar-refractivity contribution in [2.75, 3.05) is 45.2 Å². The number of aromatic nitrogens is 1. The van der Waals surface area contributed by atoms with Gasteiger partial charge in [-0.1, -0.05) is 42.5 Å². The topological polar surface area (TPSA) is 75.7 Å². The molecule has 1 fully saturated rings. The maximum absolute atomic E-state index is 12.5. The summed E-state index contributed by atoms with van der Waals surface area (Å²) in [7, 11) is 1.62. The van der Waals surface area contributed by atoms with Gasteiger partial charge in [0.05, 0.1) is 25.3 Å². The number of hydrogen-bond donors (Lipinski definition) is 2. The number of nitrogens with zero attached hydrogens (tertiary/aromatic N) is 2. The van der Waals surface area contributed by atoms with E-state index < -0.39 is 0 Å². The van der Waals surface area contributed by atoms with Gasteiger partial charge in [0.1, 0.15) is 18.1 Å². The Balaban J connectivity index is 1.14. The molecule has 196 valence electrons. The molecule has 2 heterocycles. The minimum atomic E-state index is -0.0754. The van der Waals surface area contributed by atoms with E-state index in [1.54, 1.807) is 7.11 Å². The van der Waals surface area contributed by atoms with E-state index in [1.165, 1.54) is 22.7 Å². The normalized spacial score (nSPS) is 15.7. The van der Waals surface area contributed by atoms with Gasteiger partial charge in [0.25, 0.3) is 0 Å². The molecule has 1 aromatic heterocycles. The largest absolute Gasteiger partial charge is 0.497 e. The Morgan fingerprint density at radius 1 is 1.08 bits per heavy atom. The number of ether oxygens (including phenoxy) is 2. The van der Waals surface area contributed by atoms with Crippen LogP contribution in [0.25, 0.3) is 11.1 Å². The molecule has 4 aromatic rings. The van der Waals surface area contributed by atoms with Gasteiger partial charge in [-0.25, -0.2) is 0 Å². The van der Waals surface area contributed by atoms with E-state index in [4.69, 9.17) is 13.8 Å². The van der Waals surface area contributed by atoms with Gasteiger partial charge in [-0.05, 0) is 59.1 Å². The second-order valence-electron chi connectivity index (χ2n) is 9.18. The SMILES string of the molecule is COc1cccc(CC(=O)Nc2ccc(OCCN3CCNCC3c3nscc3-c3ccccc3)cc2)c1. The first kappa shape index (κ1) is 25.9. The number of nitrogens with one attached hydrogen (secondary N) is 2. The van der Waals surface area contributed by atoms with Gasteiger partial charge in [-0.3, -0.25) is 9.69 Å². The quantitative estimate of drug-likeness (QED) is 0.301. The smallest absolute Gasteiger partial charge is 0.228 e. The molecular weight excluding hydrogens is 496 g/mol. The van der Waals surface area contributed by atoms with Crippen LogP contribution in [0, 0.1) is 0 Å². The number of amides is 1. The number of hydrogen-bond acceptors (Lipinski definition) is 7. The summed E-state index contributed by atoms with van der Waals surface area (Å²) in [6, 6.07) is 25.7. The van der Waals surface area contributed by atoms with Crippen LogP contribution in [0.5, 0.6) is 11.5 Å². The summed E-state index contributed by atoms with van der Waals surface area (Å²) in [5.41, 5.74) is 5.18. The molecule has 0 radical (unpaired) electrons. The van der Waals surface area contributed by atoms with Crippen molar-refractivity contribution in [3.63, 3.8) is 0 Å². The Labute approximate surface area is 227 Å². The van der Waals surface area contributed by atoms with Crippen molar-refractivity contribution < 1.29 is 14.3 Å². The molecule has 5 rings (SSSR count). The average molecular weight is 529 g/mol. The fourth-order valence-electron chi connectivity index (χ4n) is 4.69. The van der Waals surface area contributed by atoms with Crippen LogP contribution in [0.4, 0.5) is 5.69 Å². The lowest BCUT2D eigenvalue weighted by Gasteiger charge is -2.35. The van der Waals surface area contributed by atoms with Gasteiger partial charge < -0.3 is 20.1 Å². The molecule has 1 unspecified atom stereocenters. The molecule has 1 amide bonds. The number of rotatable bonds is 10. The predicted octanol–water partition coefficient (Wildman–Crippen LogP) is 5.03. The molecule has 1 atom stereocenters. The molecule has 0 bridgehead atoms. The summed E-state index contributed by atoms with van der Waals surface area (Å²) in [5, 5.41) is 8.61. The van der Waals surface area contributed by atoms with E-state index in [9.17, 15) is 4.79 Å². The van der Waals surface area contributed by atoms with Gasteiger partial charge >= 0.3 is 0 Å². The van der Waals surface area contributed by atoms with Crippen LogP contribution in [0.3, 0.4) is 0 Å². The fourth-order valence-corrected chi connectivity index (χ4v) is 5.44. The highest BCUT2D eigenvalue weighted by Crippen LogP contribution is 2.32. The van der Waals surface area contributed by atoms with Crippen molar-refractivity contribution in [1.82, 2.24) is 14.6 Å². The highest BCUT2D eigenvalue weighted by atomic mass is 32.1. The third-order valence-corrected chi connectivity index (χ3v) is 7.28. The molecule has 1 aliphatic heterocycles. The second-order valence-corrected chi connectivity index (χ2v) is 9.81. The third-order valence-electron chi connectivity index (χ3n) is 6.64. The number of anilines is 1. The van der Waals surface area contributed by atoms with Crippen LogP contribution in [0.1, 0.15) is 17.3 Å². The fraction of sp³-hybridized carbons (Fsp3) is 0.267. The number of piperazine rings is 1. The molecule has 0 saturated carbocycles. The first-order valence-corrected chi connectivity index (χ1v) is 13.6. The molecule has 3 aromatic carbocycles. The molecule has 1 aliphatic rings. The molecule has 0 aliphatic carbocycles. The minimum Gasteiger partial charge on any atom is -0.497 e. The molecule has 7 nitrogen and oxygen atoms in total. The molecular formula is C30H32N4O3S. The lowest BCUT2D eigenvalue weighted by Crippen LogP contribution is -2.47. The van der Waals surface area contributed by atoms with Crippen LogP contribution >= 0.6 is 11.5 Å². The van der Waals surface area contributed by atoms with Gasteiger partial charge in [-0.2, -0.15) is 4.37 Å². The van der Waals surface area contributed by atoms with Crippen molar-refractivity contribution in [1.29, 1.82) is 0 Å². The molecule has 38 heavy (non-hydrogen) atoms. The zero-order valence-electron chi connectivity index (χ0n) is 21.4. The van der Waals surface area contributed by atoms with Crippen LogP contribution in [-0.4, -0.2) is 55.1 Å². The Bertz CT molecular complexity index is 1330. The summed E-state index contributed by atoms with van der Waals surface area (Å²) in [6.45, 7) is 4.14. The summed E-state index contributed by atoms with van der Waals surface area (Å²) < 4.78 is 16.1. The lowest BCUT2D eigenvalue weighted by atomic mass is 10.0. The zero-order valence-corrected chi connectivity index (χ0v) is 22.2. The Kier molecular flexibility index (Phi) is 8.65. The van der Waals surface area contributed by atoms with Crippen LogP contribution in [0.2, 0.25) is 0 Å². The Hall–Kier alpha value is -3.72. The number of carbonyl (C=O) groups excluding carboxylic acids is 1. The maximum Gasteiger partial charge on any atom is 0.228 e. The highest BCUT2D eigenvalue weighted by Gasteiger charge is 2.28. The highest BCUT2D eigenvalue weighted by molar-refractivity contribution is 7.04. The van der Waals surface area contributed by atoms with Crippen LogP contribution in [-0.2, 0) is 11.2 Å². The lowest BCUT2D eigenvalue weighted by molar-refractivity contribution is -0.115. The molecule has 8 heteroatoms. The van der Waals surface area contributed by atoms with Gasteiger partial charge in [0.2, 0.25) is 5.91 Å². The monoisotopic (exact) mass is 528 g/mol. The number of carbonyl (C=O) groups is 1.